The summed E-state index contributed by atoms with van der Waals surface area (Å²) in [5.74, 6) is 0.541. The van der Waals surface area contributed by atoms with Crippen LogP contribution in [0.15, 0.2) is 12.3 Å². The molecule has 2 rings (SSSR count). The van der Waals surface area contributed by atoms with Gasteiger partial charge in [0.05, 0.1) is 5.88 Å². The molecule has 0 bridgehead atoms. The predicted molar refractivity (Wildman–Crippen MR) is 69.2 cm³/mol. The fourth-order valence-electron chi connectivity index (χ4n) is 2.49. The Morgan fingerprint density at radius 1 is 1.44 bits per heavy atom. The number of rotatable bonds is 3. The Labute approximate surface area is 103 Å². The summed E-state index contributed by atoms with van der Waals surface area (Å²) in [4.78, 5) is 6.70. The molecule has 2 nitrogen and oxygen atoms in total. The third-order valence-electron chi connectivity index (χ3n) is 3.50. The number of alkyl halides is 1. The second kappa shape index (κ2) is 5.05. The molecule has 0 aliphatic heterocycles. The lowest BCUT2D eigenvalue weighted by atomic mass is 10.1. The van der Waals surface area contributed by atoms with Gasteiger partial charge in [0.2, 0.25) is 0 Å². The Morgan fingerprint density at radius 3 is 2.75 bits per heavy atom. The maximum atomic E-state index is 5.97. The molecule has 0 spiro atoms. The summed E-state index contributed by atoms with van der Waals surface area (Å²) in [5, 5.41) is 0. The normalized spacial score (nSPS) is 16.7. The lowest BCUT2D eigenvalue weighted by Gasteiger charge is -2.28. The van der Waals surface area contributed by atoms with Crippen molar-refractivity contribution < 1.29 is 0 Å². The van der Waals surface area contributed by atoms with Crippen LogP contribution in [0.25, 0.3) is 0 Å². The minimum atomic E-state index is 0.541. The Bertz CT molecular complexity index is 359. The van der Waals surface area contributed by atoms with Crippen molar-refractivity contribution in [3.8, 4) is 0 Å². The summed E-state index contributed by atoms with van der Waals surface area (Å²) >= 11 is 5.97. The molecule has 0 unspecified atom stereocenters. The van der Waals surface area contributed by atoms with Crippen molar-refractivity contribution in [3.05, 3.63) is 23.5 Å². The molecule has 0 N–H and O–H groups in total. The van der Waals surface area contributed by atoms with Gasteiger partial charge in [0.15, 0.2) is 0 Å². The van der Waals surface area contributed by atoms with Gasteiger partial charge >= 0.3 is 0 Å². The summed E-state index contributed by atoms with van der Waals surface area (Å²) in [6.07, 6.45) is 7.23. The van der Waals surface area contributed by atoms with Gasteiger partial charge in [-0.15, -0.1) is 11.6 Å². The third-order valence-corrected chi connectivity index (χ3v) is 3.78. The van der Waals surface area contributed by atoms with Gasteiger partial charge in [-0.05, 0) is 25.8 Å². The van der Waals surface area contributed by atoms with Crippen LogP contribution < -0.4 is 4.90 Å². The fourth-order valence-corrected chi connectivity index (χ4v) is 2.70. The molecule has 0 atom stereocenters. The van der Waals surface area contributed by atoms with E-state index in [0.29, 0.717) is 11.9 Å². The van der Waals surface area contributed by atoms with E-state index in [2.05, 4.69) is 23.0 Å². The standard InChI is InChI=1S/C13H19ClN2/c1-10-7-13(11(8-14)9-15-10)16(2)12-5-3-4-6-12/h7,9,12H,3-6,8H2,1-2H3. The molecule has 88 valence electrons. The molecule has 0 aromatic carbocycles. The number of pyridine rings is 1. The van der Waals surface area contributed by atoms with E-state index in [1.807, 2.05) is 13.1 Å². The largest absolute Gasteiger partial charge is 0.371 e. The quantitative estimate of drug-likeness (QED) is 0.750. The minimum absolute atomic E-state index is 0.541. The number of aryl methyl sites for hydroxylation is 1. The van der Waals surface area contributed by atoms with Crippen LogP contribution in [0.3, 0.4) is 0 Å². The summed E-state index contributed by atoms with van der Waals surface area (Å²) in [6.45, 7) is 2.03. The number of hydrogen-bond donors (Lipinski definition) is 0. The summed E-state index contributed by atoms with van der Waals surface area (Å²) < 4.78 is 0. The van der Waals surface area contributed by atoms with E-state index >= 15 is 0 Å². The monoisotopic (exact) mass is 238 g/mol. The van der Waals surface area contributed by atoms with Gasteiger partial charge in [-0.1, -0.05) is 12.8 Å². The van der Waals surface area contributed by atoms with Gasteiger partial charge < -0.3 is 4.90 Å². The van der Waals surface area contributed by atoms with Crippen LogP contribution in [0.5, 0.6) is 0 Å². The minimum Gasteiger partial charge on any atom is -0.371 e. The molecule has 0 radical (unpaired) electrons. The maximum Gasteiger partial charge on any atom is 0.0509 e. The first-order chi connectivity index (χ1) is 7.72. The molecule has 1 aliphatic carbocycles. The van der Waals surface area contributed by atoms with Crippen molar-refractivity contribution in [2.75, 3.05) is 11.9 Å². The highest BCUT2D eigenvalue weighted by Gasteiger charge is 2.21. The smallest absolute Gasteiger partial charge is 0.0509 e. The zero-order valence-corrected chi connectivity index (χ0v) is 10.8. The fraction of sp³-hybridized carbons (Fsp3) is 0.615. The van der Waals surface area contributed by atoms with E-state index in [0.717, 1.165) is 11.3 Å². The van der Waals surface area contributed by atoms with Crippen molar-refractivity contribution in [1.29, 1.82) is 0 Å². The van der Waals surface area contributed by atoms with Crippen LogP contribution in [-0.4, -0.2) is 18.1 Å². The summed E-state index contributed by atoms with van der Waals surface area (Å²) in [7, 11) is 2.18. The molecule has 1 aromatic heterocycles. The van der Waals surface area contributed by atoms with Gasteiger partial charge in [-0.3, -0.25) is 4.98 Å². The first-order valence-corrected chi connectivity index (χ1v) is 6.50. The van der Waals surface area contributed by atoms with E-state index in [1.165, 1.54) is 31.4 Å². The lowest BCUT2D eigenvalue weighted by Crippen LogP contribution is -2.29. The molecule has 3 heteroatoms. The third kappa shape index (κ3) is 2.32. The molecule has 1 saturated carbocycles. The average molecular weight is 239 g/mol. The molecule has 0 amide bonds. The zero-order chi connectivity index (χ0) is 11.5. The van der Waals surface area contributed by atoms with Crippen LogP contribution in [0, 0.1) is 6.92 Å². The second-order valence-electron chi connectivity index (χ2n) is 4.64. The Kier molecular flexibility index (Phi) is 3.70. The number of nitrogens with zero attached hydrogens (tertiary/aromatic N) is 2. The van der Waals surface area contributed by atoms with Gasteiger partial charge in [0, 0.05) is 36.2 Å². The first kappa shape index (κ1) is 11.7. The molecular weight excluding hydrogens is 220 g/mol. The van der Waals surface area contributed by atoms with Crippen molar-refractivity contribution in [3.63, 3.8) is 0 Å². The molecule has 1 aliphatic rings. The van der Waals surface area contributed by atoms with Crippen LogP contribution in [0.2, 0.25) is 0 Å². The topological polar surface area (TPSA) is 16.1 Å². The van der Waals surface area contributed by atoms with E-state index in [-0.39, 0.29) is 0 Å². The van der Waals surface area contributed by atoms with Crippen LogP contribution in [0.1, 0.15) is 36.9 Å². The Balaban J connectivity index is 2.26. The molecule has 1 aromatic rings. The van der Waals surface area contributed by atoms with E-state index in [4.69, 9.17) is 11.6 Å². The van der Waals surface area contributed by atoms with Crippen molar-refractivity contribution in [1.82, 2.24) is 4.98 Å². The zero-order valence-electron chi connectivity index (χ0n) is 10.0. The Hall–Kier alpha value is -0.760. The van der Waals surface area contributed by atoms with E-state index < -0.39 is 0 Å². The van der Waals surface area contributed by atoms with Crippen molar-refractivity contribution >= 4 is 17.3 Å². The SMILES string of the molecule is Cc1cc(N(C)C2CCCC2)c(CCl)cn1. The highest BCUT2D eigenvalue weighted by Crippen LogP contribution is 2.29. The van der Waals surface area contributed by atoms with E-state index in [1.54, 1.807) is 0 Å². The second-order valence-corrected chi connectivity index (χ2v) is 4.90. The number of anilines is 1. The van der Waals surface area contributed by atoms with Gasteiger partial charge in [-0.25, -0.2) is 0 Å². The molecule has 16 heavy (non-hydrogen) atoms. The van der Waals surface area contributed by atoms with Crippen LogP contribution >= 0.6 is 11.6 Å². The van der Waals surface area contributed by atoms with Crippen molar-refractivity contribution in [2.24, 2.45) is 0 Å². The highest BCUT2D eigenvalue weighted by molar-refractivity contribution is 6.17. The highest BCUT2D eigenvalue weighted by atomic mass is 35.5. The molecule has 1 heterocycles. The molecule has 0 saturated heterocycles. The molecule has 1 fully saturated rings. The van der Waals surface area contributed by atoms with Crippen LogP contribution in [-0.2, 0) is 5.88 Å². The van der Waals surface area contributed by atoms with Crippen LogP contribution in [0.4, 0.5) is 5.69 Å². The van der Waals surface area contributed by atoms with Gasteiger partial charge in [0.1, 0.15) is 0 Å². The maximum absolute atomic E-state index is 5.97. The Morgan fingerprint density at radius 2 is 2.12 bits per heavy atom. The number of hydrogen-bond acceptors (Lipinski definition) is 2. The number of aromatic nitrogens is 1. The number of halogens is 1. The predicted octanol–water partition coefficient (Wildman–Crippen LogP) is 3.51. The summed E-state index contributed by atoms with van der Waals surface area (Å²) in [6, 6.07) is 2.83. The van der Waals surface area contributed by atoms with Gasteiger partial charge in [0.25, 0.3) is 0 Å². The van der Waals surface area contributed by atoms with Gasteiger partial charge in [-0.2, -0.15) is 0 Å². The molecular formula is C13H19ClN2. The summed E-state index contributed by atoms with van der Waals surface area (Å²) in [5.41, 5.74) is 3.46. The average Bonchev–Trinajstić information content (AvgIpc) is 2.81. The first-order valence-electron chi connectivity index (χ1n) is 5.96. The van der Waals surface area contributed by atoms with E-state index in [9.17, 15) is 0 Å². The van der Waals surface area contributed by atoms with Crippen molar-refractivity contribution in [2.45, 2.75) is 44.5 Å². The lowest BCUT2D eigenvalue weighted by molar-refractivity contribution is 0.651.